The van der Waals surface area contributed by atoms with Crippen LogP contribution in [0.1, 0.15) is 43.8 Å². The van der Waals surface area contributed by atoms with Gasteiger partial charge in [-0.25, -0.2) is 9.98 Å². The van der Waals surface area contributed by atoms with E-state index in [1.807, 2.05) is 12.3 Å². The van der Waals surface area contributed by atoms with E-state index in [1.165, 1.54) is 0 Å². The molecule has 1 aromatic rings. The molecule has 1 rings (SSSR count). The molecule has 0 aliphatic rings. The molecule has 0 bridgehead atoms. The molecular formula is C13H25IN4OS. The van der Waals surface area contributed by atoms with Gasteiger partial charge in [-0.15, -0.1) is 35.3 Å². The summed E-state index contributed by atoms with van der Waals surface area (Å²) in [4.78, 5) is 8.78. The van der Waals surface area contributed by atoms with Gasteiger partial charge < -0.3 is 15.8 Å². The van der Waals surface area contributed by atoms with Crippen LogP contribution in [-0.4, -0.2) is 30.7 Å². The number of aliphatic imine (C=N–C) groups is 1. The Balaban J connectivity index is 0.00000361. The van der Waals surface area contributed by atoms with Gasteiger partial charge in [0.15, 0.2) is 5.96 Å². The fourth-order valence-electron chi connectivity index (χ4n) is 1.42. The molecule has 0 spiro atoms. The maximum atomic E-state index is 5.78. The Bertz CT molecular complexity index is 395. The number of thiazole rings is 1. The zero-order chi connectivity index (χ0) is 14.1. The zero-order valence-electron chi connectivity index (χ0n) is 12.4. The zero-order valence-corrected chi connectivity index (χ0v) is 15.5. The topological polar surface area (TPSA) is 72.5 Å². The normalized spacial score (nSPS) is 11.5. The second-order valence-corrected chi connectivity index (χ2v) is 5.40. The van der Waals surface area contributed by atoms with Crippen molar-refractivity contribution < 1.29 is 4.74 Å². The van der Waals surface area contributed by atoms with Gasteiger partial charge in [0.2, 0.25) is 0 Å². The number of nitrogens with two attached hydrogens (primary N) is 1. The minimum absolute atomic E-state index is 0. The second kappa shape index (κ2) is 11.3. The third-order valence-corrected chi connectivity index (χ3v) is 3.64. The second-order valence-electron chi connectivity index (χ2n) is 4.51. The molecule has 116 valence electrons. The van der Waals surface area contributed by atoms with Crippen LogP contribution in [0.15, 0.2) is 10.4 Å². The first-order valence-corrected chi connectivity index (χ1v) is 7.57. The van der Waals surface area contributed by atoms with Crippen LogP contribution in [0.5, 0.6) is 0 Å². The lowest BCUT2D eigenvalue weighted by atomic mass is 10.2. The van der Waals surface area contributed by atoms with Crippen molar-refractivity contribution in [3.63, 3.8) is 0 Å². The van der Waals surface area contributed by atoms with E-state index in [4.69, 9.17) is 10.5 Å². The summed E-state index contributed by atoms with van der Waals surface area (Å²) in [6.07, 6.45) is 0.929. The summed E-state index contributed by atoms with van der Waals surface area (Å²) in [5, 5.41) is 6.25. The largest absolute Gasteiger partial charge is 0.382 e. The molecule has 0 radical (unpaired) electrons. The lowest BCUT2D eigenvalue weighted by molar-refractivity contribution is 0.145. The molecule has 5 nitrogen and oxygen atoms in total. The molecule has 0 unspecified atom stereocenters. The van der Waals surface area contributed by atoms with Crippen LogP contribution in [0.25, 0.3) is 0 Å². The van der Waals surface area contributed by atoms with Crippen molar-refractivity contribution in [2.45, 2.75) is 39.7 Å². The minimum atomic E-state index is 0. The number of halogens is 1. The molecule has 0 amide bonds. The first kappa shape index (κ1) is 19.6. The summed E-state index contributed by atoms with van der Waals surface area (Å²) in [6.45, 7) is 9.09. The van der Waals surface area contributed by atoms with Crippen LogP contribution >= 0.6 is 35.3 Å². The Morgan fingerprint density at radius 1 is 1.55 bits per heavy atom. The molecule has 0 saturated carbocycles. The SMILES string of the molecule is CCOCCCNC(N)=NCc1csc(C(C)C)n1.I. The van der Waals surface area contributed by atoms with Crippen molar-refractivity contribution in [2.24, 2.45) is 10.7 Å². The maximum absolute atomic E-state index is 5.78. The van der Waals surface area contributed by atoms with E-state index in [1.54, 1.807) is 11.3 Å². The monoisotopic (exact) mass is 412 g/mol. The highest BCUT2D eigenvalue weighted by Gasteiger charge is 2.05. The summed E-state index contributed by atoms with van der Waals surface area (Å²) in [5.74, 6) is 0.937. The van der Waals surface area contributed by atoms with Crippen molar-refractivity contribution in [3.8, 4) is 0 Å². The lowest BCUT2D eigenvalue weighted by Gasteiger charge is -2.05. The highest BCUT2D eigenvalue weighted by Crippen LogP contribution is 2.19. The van der Waals surface area contributed by atoms with Gasteiger partial charge in [0, 0.05) is 31.1 Å². The number of hydrogen-bond donors (Lipinski definition) is 2. The Morgan fingerprint density at radius 3 is 2.90 bits per heavy atom. The minimum Gasteiger partial charge on any atom is -0.382 e. The fraction of sp³-hybridized carbons (Fsp3) is 0.692. The summed E-state index contributed by atoms with van der Waals surface area (Å²) in [5.41, 5.74) is 6.76. The molecule has 7 heteroatoms. The molecule has 0 saturated heterocycles. The highest BCUT2D eigenvalue weighted by atomic mass is 127. The van der Waals surface area contributed by atoms with Crippen LogP contribution in [-0.2, 0) is 11.3 Å². The van der Waals surface area contributed by atoms with Gasteiger partial charge in [-0.05, 0) is 13.3 Å². The molecule has 20 heavy (non-hydrogen) atoms. The number of hydrogen-bond acceptors (Lipinski definition) is 4. The summed E-state index contributed by atoms with van der Waals surface area (Å²) in [7, 11) is 0. The van der Waals surface area contributed by atoms with Crippen LogP contribution in [0, 0.1) is 0 Å². The van der Waals surface area contributed by atoms with E-state index in [9.17, 15) is 0 Å². The number of guanidine groups is 1. The molecule has 0 atom stereocenters. The van der Waals surface area contributed by atoms with Gasteiger partial charge in [-0.3, -0.25) is 0 Å². The molecule has 0 fully saturated rings. The predicted octanol–water partition coefficient (Wildman–Crippen LogP) is 2.72. The molecular weight excluding hydrogens is 387 g/mol. The predicted molar refractivity (Wildman–Crippen MR) is 96.1 cm³/mol. The average molecular weight is 412 g/mol. The van der Waals surface area contributed by atoms with Gasteiger partial charge in [0.25, 0.3) is 0 Å². The van der Waals surface area contributed by atoms with Crippen LogP contribution in [0.2, 0.25) is 0 Å². The van der Waals surface area contributed by atoms with Gasteiger partial charge in [0.05, 0.1) is 17.2 Å². The smallest absolute Gasteiger partial charge is 0.188 e. The first-order chi connectivity index (χ1) is 9.13. The molecule has 0 aliphatic carbocycles. The van der Waals surface area contributed by atoms with Gasteiger partial charge >= 0.3 is 0 Å². The third-order valence-electron chi connectivity index (χ3n) is 2.45. The van der Waals surface area contributed by atoms with Gasteiger partial charge in [0.1, 0.15) is 0 Å². The Morgan fingerprint density at radius 2 is 2.30 bits per heavy atom. The average Bonchev–Trinajstić information content (AvgIpc) is 2.85. The standard InChI is InChI=1S/C13H24N4OS.HI/c1-4-18-7-5-6-15-13(14)16-8-11-9-19-12(17-11)10(2)3;/h9-10H,4-8H2,1-3H3,(H3,14,15,16);1H. The molecule has 0 aliphatic heterocycles. The highest BCUT2D eigenvalue weighted by molar-refractivity contribution is 14.0. The van der Waals surface area contributed by atoms with Crippen molar-refractivity contribution in [1.82, 2.24) is 10.3 Å². The molecule has 0 aromatic carbocycles. The number of rotatable bonds is 8. The van der Waals surface area contributed by atoms with Crippen molar-refractivity contribution in [1.29, 1.82) is 0 Å². The maximum Gasteiger partial charge on any atom is 0.188 e. The quantitative estimate of drug-likeness (QED) is 0.298. The summed E-state index contributed by atoms with van der Waals surface area (Å²) in [6, 6.07) is 0. The molecule has 1 heterocycles. The fourth-order valence-corrected chi connectivity index (χ4v) is 2.24. The Kier molecular flexibility index (Phi) is 11.0. The van der Waals surface area contributed by atoms with Crippen LogP contribution in [0.4, 0.5) is 0 Å². The van der Waals surface area contributed by atoms with E-state index in [-0.39, 0.29) is 24.0 Å². The van der Waals surface area contributed by atoms with E-state index in [0.717, 1.165) is 36.9 Å². The van der Waals surface area contributed by atoms with Crippen LogP contribution in [0.3, 0.4) is 0 Å². The van der Waals surface area contributed by atoms with Crippen molar-refractivity contribution in [2.75, 3.05) is 19.8 Å². The first-order valence-electron chi connectivity index (χ1n) is 6.69. The van der Waals surface area contributed by atoms with E-state index < -0.39 is 0 Å². The van der Waals surface area contributed by atoms with Crippen molar-refractivity contribution in [3.05, 3.63) is 16.1 Å². The van der Waals surface area contributed by atoms with Gasteiger partial charge in [-0.2, -0.15) is 0 Å². The third kappa shape index (κ3) is 8.01. The summed E-state index contributed by atoms with van der Waals surface area (Å²) >= 11 is 1.68. The molecule has 1 aromatic heterocycles. The van der Waals surface area contributed by atoms with Crippen molar-refractivity contribution >= 4 is 41.3 Å². The number of nitrogens with zero attached hydrogens (tertiary/aromatic N) is 2. The number of nitrogens with one attached hydrogen (secondary N) is 1. The number of aromatic nitrogens is 1. The number of ether oxygens (including phenoxy) is 1. The Hall–Kier alpha value is -0.410. The van der Waals surface area contributed by atoms with E-state index in [0.29, 0.717) is 18.4 Å². The molecule has 3 N–H and O–H groups in total. The van der Waals surface area contributed by atoms with Crippen LogP contribution < -0.4 is 11.1 Å². The summed E-state index contributed by atoms with van der Waals surface area (Å²) < 4.78 is 5.24. The van der Waals surface area contributed by atoms with E-state index >= 15 is 0 Å². The lowest BCUT2D eigenvalue weighted by Crippen LogP contribution is -2.32. The van der Waals surface area contributed by atoms with E-state index in [2.05, 4.69) is 29.1 Å². The van der Waals surface area contributed by atoms with Gasteiger partial charge in [-0.1, -0.05) is 13.8 Å². The Labute approximate surface area is 142 Å².